The Morgan fingerprint density at radius 3 is 2.06 bits per heavy atom. The van der Waals surface area contributed by atoms with E-state index in [1.807, 2.05) is 23.5 Å². The van der Waals surface area contributed by atoms with Crippen LogP contribution in [0.4, 0.5) is 17.1 Å². The molecule has 0 atom stereocenters. The second kappa shape index (κ2) is 10.3. The monoisotopic (exact) mass is 617 g/mol. The molecule has 47 heavy (non-hydrogen) atoms. The van der Waals surface area contributed by atoms with Gasteiger partial charge in [0.2, 0.25) is 0 Å². The minimum Gasteiger partial charge on any atom is -0.456 e. The molecule has 0 bridgehead atoms. The fourth-order valence-corrected chi connectivity index (χ4v) is 8.40. The summed E-state index contributed by atoms with van der Waals surface area (Å²) in [5, 5.41) is 9.74. The lowest BCUT2D eigenvalue weighted by atomic mass is 9.98. The predicted molar refractivity (Wildman–Crippen MR) is 202 cm³/mol. The van der Waals surface area contributed by atoms with Crippen LogP contribution in [0.25, 0.3) is 74.8 Å². The Bertz CT molecular complexity index is 2800. The van der Waals surface area contributed by atoms with Crippen LogP contribution in [-0.2, 0) is 0 Å². The van der Waals surface area contributed by atoms with E-state index in [-0.39, 0.29) is 0 Å². The van der Waals surface area contributed by atoms with Gasteiger partial charge in [-0.2, -0.15) is 0 Å². The zero-order valence-corrected chi connectivity index (χ0v) is 26.2. The summed E-state index contributed by atoms with van der Waals surface area (Å²) in [6.45, 7) is 0. The van der Waals surface area contributed by atoms with Crippen molar-refractivity contribution in [2.45, 2.75) is 0 Å². The first-order valence-electron chi connectivity index (χ1n) is 15.9. The van der Waals surface area contributed by atoms with Crippen molar-refractivity contribution in [3.8, 4) is 11.1 Å². The molecule has 0 aliphatic heterocycles. The number of anilines is 3. The Balaban J connectivity index is 1.18. The average Bonchev–Trinajstić information content (AvgIpc) is 3.69. The van der Waals surface area contributed by atoms with Crippen LogP contribution in [0.1, 0.15) is 0 Å². The van der Waals surface area contributed by atoms with E-state index in [9.17, 15) is 0 Å². The second-order valence-electron chi connectivity index (χ2n) is 12.1. The van der Waals surface area contributed by atoms with Gasteiger partial charge in [0.15, 0.2) is 0 Å². The van der Waals surface area contributed by atoms with Gasteiger partial charge in [-0.15, -0.1) is 11.3 Å². The highest BCUT2D eigenvalue weighted by atomic mass is 32.1. The second-order valence-corrected chi connectivity index (χ2v) is 13.2. The lowest BCUT2D eigenvalue weighted by Crippen LogP contribution is -2.10. The molecule has 8 aromatic carbocycles. The molecule has 2 heterocycles. The summed E-state index contributed by atoms with van der Waals surface area (Å²) in [4.78, 5) is 2.41. The van der Waals surface area contributed by atoms with Gasteiger partial charge in [0, 0.05) is 37.6 Å². The molecular weight excluding hydrogens is 591 g/mol. The van der Waals surface area contributed by atoms with Crippen LogP contribution in [0, 0.1) is 0 Å². The van der Waals surface area contributed by atoms with Crippen LogP contribution in [-0.4, -0.2) is 0 Å². The van der Waals surface area contributed by atoms with E-state index in [0.29, 0.717) is 0 Å². The molecule has 0 unspecified atom stereocenters. The SMILES string of the molecule is c1ccc2c(-c3ccc(N(c4ccc5cc6c(cc5c4)oc4ccccc46)c4cccc5c4sc4ccccc45)cc3)cccc2c1. The minimum atomic E-state index is 0.911. The first-order valence-corrected chi connectivity index (χ1v) is 16.7. The molecule has 0 saturated heterocycles. The largest absolute Gasteiger partial charge is 0.456 e. The number of hydrogen-bond acceptors (Lipinski definition) is 3. The van der Waals surface area contributed by atoms with Crippen LogP contribution in [0.5, 0.6) is 0 Å². The Labute approximate surface area is 275 Å². The smallest absolute Gasteiger partial charge is 0.136 e. The van der Waals surface area contributed by atoms with Gasteiger partial charge < -0.3 is 9.32 Å². The number of fused-ring (bicyclic) bond motifs is 8. The molecule has 2 nitrogen and oxygen atoms in total. The van der Waals surface area contributed by atoms with E-state index in [2.05, 4.69) is 157 Å². The fraction of sp³-hybridized carbons (Fsp3) is 0. The van der Waals surface area contributed by atoms with Crippen molar-refractivity contribution in [1.82, 2.24) is 0 Å². The van der Waals surface area contributed by atoms with Crippen molar-refractivity contribution >= 4 is 92.1 Å². The number of thiophene rings is 1. The van der Waals surface area contributed by atoms with Gasteiger partial charge in [0.1, 0.15) is 11.2 Å². The Hall–Kier alpha value is -5.90. The first kappa shape index (κ1) is 26.3. The molecule has 0 amide bonds. The van der Waals surface area contributed by atoms with Crippen molar-refractivity contribution < 1.29 is 4.42 Å². The predicted octanol–water partition coefficient (Wildman–Crippen LogP) is 13.4. The minimum absolute atomic E-state index is 0.911. The van der Waals surface area contributed by atoms with Crippen molar-refractivity contribution in [3.05, 3.63) is 164 Å². The molecule has 0 N–H and O–H groups in total. The number of para-hydroxylation sites is 1. The van der Waals surface area contributed by atoms with E-state index < -0.39 is 0 Å². The quantitative estimate of drug-likeness (QED) is 0.195. The van der Waals surface area contributed by atoms with Crippen LogP contribution in [0.2, 0.25) is 0 Å². The zero-order chi connectivity index (χ0) is 30.9. The van der Waals surface area contributed by atoms with E-state index in [1.165, 1.54) is 53.1 Å². The van der Waals surface area contributed by atoms with Gasteiger partial charge >= 0.3 is 0 Å². The molecule has 3 heteroatoms. The molecule has 2 aromatic heterocycles. The Kier molecular flexibility index (Phi) is 5.78. The van der Waals surface area contributed by atoms with Gasteiger partial charge in [0.05, 0.1) is 10.4 Å². The van der Waals surface area contributed by atoms with Gasteiger partial charge in [-0.05, 0) is 87.3 Å². The molecule has 0 spiro atoms. The topological polar surface area (TPSA) is 16.4 Å². The third kappa shape index (κ3) is 4.17. The molecule has 220 valence electrons. The Morgan fingerprint density at radius 2 is 1.15 bits per heavy atom. The van der Waals surface area contributed by atoms with Gasteiger partial charge in [-0.3, -0.25) is 0 Å². The van der Waals surface area contributed by atoms with E-state index in [0.717, 1.165) is 38.7 Å². The van der Waals surface area contributed by atoms with Crippen molar-refractivity contribution in [3.63, 3.8) is 0 Å². The maximum absolute atomic E-state index is 6.30. The number of furan rings is 1. The number of rotatable bonds is 4. The number of hydrogen-bond donors (Lipinski definition) is 0. The standard InChI is InChI=1S/C44H27NOS/c1-2-11-34-28(9-1)10-7-14-35(34)29-19-22-32(23-20-29)45(40-16-8-15-38-37-13-4-6-18-43(37)47-44(38)40)33-24-21-30-26-39-36-12-3-5-17-41(36)46-42(39)27-31(30)25-33/h1-27H. The van der Waals surface area contributed by atoms with Crippen molar-refractivity contribution in [2.24, 2.45) is 0 Å². The van der Waals surface area contributed by atoms with Crippen molar-refractivity contribution in [1.29, 1.82) is 0 Å². The first-order chi connectivity index (χ1) is 23.3. The van der Waals surface area contributed by atoms with Crippen LogP contribution >= 0.6 is 11.3 Å². The summed E-state index contributed by atoms with van der Waals surface area (Å²) < 4.78 is 8.87. The lowest BCUT2D eigenvalue weighted by molar-refractivity contribution is 0.669. The van der Waals surface area contributed by atoms with Gasteiger partial charge in [0.25, 0.3) is 0 Å². The van der Waals surface area contributed by atoms with E-state index >= 15 is 0 Å². The lowest BCUT2D eigenvalue weighted by Gasteiger charge is -2.26. The molecule has 10 aromatic rings. The third-order valence-corrected chi connectivity index (χ3v) is 10.6. The summed E-state index contributed by atoms with van der Waals surface area (Å²) in [6.07, 6.45) is 0. The van der Waals surface area contributed by atoms with Crippen LogP contribution in [0.3, 0.4) is 0 Å². The molecule has 0 saturated carbocycles. The van der Waals surface area contributed by atoms with Gasteiger partial charge in [-0.25, -0.2) is 0 Å². The summed E-state index contributed by atoms with van der Waals surface area (Å²) in [7, 11) is 0. The number of benzene rings is 8. The highest BCUT2D eigenvalue weighted by molar-refractivity contribution is 7.26. The average molecular weight is 618 g/mol. The van der Waals surface area contributed by atoms with E-state index in [1.54, 1.807) is 0 Å². The fourth-order valence-electron chi connectivity index (χ4n) is 7.20. The summed E-state index contributed by atoms with van der Waals surface area (Å²) in [5.41, 5.74) is 7.67. The maximum Gasteiger partial charge on any atom is 0.136 e. The molecule has 0 radical (unpaired) electrons. The summed E-state index contributed by atoms with van der Waals surface area (Å²) in [5.74, 6) is 0. The Morgan fingerprint density at radius 1 is 0.426 bits per heavy atom. The van der Waals surface area contributed by atoms with Gasteiger partial charge in [-0.1, -0.05) is 109 Å². The molecular formula is C44H27NOS. The molecule has 10 rings (SSSR count). The molecule has 0 fully saturated rings. The van der Waals surface area contributed by atoms with Crippen LogP contribution < -0.4 is 4.90 Å². The highest BCUT2D eigenvalue weighted by Crippen LogP contribution is 2.46. The van der Waals surface area contributed by atoms with Crippen LogP contribution in [0.15, 0.2) is 168 Å². The van der Waals surface area contributed by atoms with E-state index in [4.69, 9.17) is 4.42 Å². The van der Waals surface area contributed by atoms with Crippen molar-refractivity contribution in [2.75, 3.05) is 4.90 Å². The maximum atomic E-state index is 6.30. The highest BCUT2D eigenvalue weighted by Gasteiger charge is 2.19. The summed E-state index contributed by atoms with van der Waals surface area (Å²) in [6, 6.07) is 59.1. The summed E-state index contributed by atoms with van der Waals surface area (Å²) >= 11 is 1.86. The third-order valence-electron chi connectivity index (χ3n) is 9.43. The molecule has 0 aliphatic carbocycles. The number of nitrogens with zero attached hydrogens (tertiary/aromatic N) is 1. The normalized spacial score (nSPS) is 11.8. The zero-order valence-electron chi connectivity index (χ0n) is 25.4. The molecule has 0 aliphatic rings.